The summed E-state index contributed by atoms with van der Waals surface area (Å²) in [5, 5.41) is 7.03. The summed E-state index contributed by atoms with van der Waals surface area (Å²) in [6.07, 6.45) is 8.06. The summed E-state index contributed by atoms with van der Waals surface area (Å²) in [4.78, 5) is 24.3. The molecule has 0 aliphatic heterocycles. The highest BCUT2D eigenvalue weighted by Crippen LogP contribution is 2.10. The molecule has 22 heavy (non-hydrogen) atoms. The lowest BCUT2D eigenvalue weighted by Gasteiger charge is -2.05. The Hall–Kier alpha value is -3.09. The first-order chi connectivity index (χ1) is 10.6. The molecule has 7 nitrogen and oxygen atoms in total. The van der Waals surface area contributed by atoms with E-state index in [0.29, 0.717) is 17.2 Å². The summed E-state index contributed by atoms with van der Waals surface area (Å²) in [5.41, 5.74) is 2.98. The maximum absolute atomic E-state index is 12.0. The lowest BCUT2D eigenvalue weighted by Crippen LogP contribution is -2.13. The largest absolute Gasteiger partial charge is 0.319 e. The summed E-state index contributed by atoms with van der Waals surface area (Å²) >= 11 is 0. The fourth-order valence-corrected chi connectivity index (χ4v) is 1.85. The van der Waals surface area contributed by atoms with Gasteiger partial charge in [0.1, 0.15) is 0 Å². The van der Waals surface area contributed by atoms with E-state index in [4.69, 9.17) is 0 Å². The van der Waals surface area contributed by atoms with Crippen LogP contribution in [0.5, 0.6) is 0 Å². The monoisotopic (exact) mass is 294 g/mol. The van der Waals surface area contributed by atoms with Gasteiger partial charge in [-0.05, 0) is 31.5 Å². The van der Waals surface area contributed by atoms with Gasteiger partial charge in [-0.15, -0.1) is 0 Å². The van der Waals surface area contributed by atoms with E-state index in [2.05, 4.69) is 25.4 Å². The smallest absolute Gasteiger partial charge is 0.257 e. The van der Waals surface area contributed by atoms with Crippen molar-refractivity contribution < 1.29 is 4.79 Å². The normalized spacial score (nSPS) is 10.5. The van der Waals surface area contributed by atoms with Gasteiger partial charge in [-0.2, -0.15) is 5.10 Å². The number of aryl methyl sites for hydroxylation is 2. The number of hydrogen-bond acceptors (Lipinski definition) is 5. The maximum Gasteiger partial charge on any atom is 0.257 e. The minimum Gasteiger partial charge on any atom is -0.319 e. The molecule has 0 aliphatic carbocycles. The minimum atomic E-state index is -0.254. The molecule has 1 amide bonds. The van der Waals surface area contributed by atoms with E-state index >= 15 is 0 Å². The Morgan fingerprint density at radius 2 is 1.95 bits per heavy atom. The molecule has 0 fully saturated rings. The Bertz CT molecular complexity index is 775. The number of pyridine rings is 1. The molecule has 0 bridgehead atoms. The predicted molar refractivity (Wildman–Crippen MR) is 80.8 cm³/mol. The number of aromatic nitrogens is 5. The van der Waals surface area contributed by atoms with Crippen LogP contribution in [-0.4, -0.2) is 30.6 Å². The number of carbonyl (C=O) groups is 1. The lowest BCUT2D eigenvalue weighted by atomic mass is 10.2. The van der Waals surface area contributed by atoms with Crippen molar-refractivity contribution in [3.05, 3.63) is 59.9 Å². The third kappa shape index (κ3) is 2.83. The summed E-state index contributed by atoms with van der Waals surface area (Å²) in [6, 6.07) is 3.39. The molecule has 0 aromatic carbocycles. The number of carbonyl (C=O) groups excluding carboxylic acids is 1. The van der Waals surface area contributed by atoms with Crippen LogP contribution in [0.2, 0.25) is 0 Å². The first kappa shape index (κ1) is 13.9. The van der Waals surface area contributed by atoms with Gasteiger partial charge in [0.05, 0.1) is 29.3 Å². The van der Waals surface area contributed by atoms with Crippen LogP contribution < -0.4 is 5.32 Å². The van der Waals surface area contributed by atoms with Gasteiger partial charge in [0.15, 0.2) is 0 Å². The average Bonchev–Trinajstić information content (AvgIpc) is 2.88. The Balaban J connectivity index is 1.76. The fraction of sp³-hybridized carbons (Fsp3) is 0.133. The third-order valence-electron chi connectivity index (χ3n) is 3.17. The van der Waals surface area contributed by atoms with Gasteiger partial charge >= 0.3 is 0 Å². The number of hydrogen-bond donors (Lipinski definition) is 1. The standard InChI is InChI=1S/C15H14N6O/c1-10-9-21(20-11(10)2)15-17-7-13(8-18-15)19-14(22)12-4-3-5-16-6-12/h3-9H,1-2H3,(H,19,22). The molecule has 3 rings (SSSR count). The molecule has 0 aliphatic rings. The van der Waals surface area contributed by atoms with Gasteiger partial charge in [0, 0.05) is 18.6 Å². The van der Waals surface area contributed by atoms with E-state index in [9.17, 15) is 4.79 Å². The van der Waals surface area contributed by atoms with E-state index in [1.54, 1.807) is 35.4 Å². The summed E-state index contributed by atoms with van der Waals surface area (Å²) in [7, 11) is 0. The molecule has 3 aromatic heterocycles. The van der Waals surface area contributed by atoms with Crippen molar-refractivity contribution in [1.82, 2.24) is 24.7 Å². The first-order valence-electron chi connectivity index (χ1n) is 6.70. The van der Waals surface area contributed by atoms with Crippen LogP contribution >= 0.6 is 0 Å². The predicted octanol–water partition coefficient (Wildman–Crippen LogP) is 1.93. The molecule has 7 heteroatoms. The van der Waals surface area contributed by atoms with E-state index in [1.807, 2.05) is 20.0 Å². The lowest BCUT2D eigenvalue weighted by molar-refractivity contribution is 0.102. The minimum absolute atomic E-state index is 0.254. The zero-order valence-corrected chi connectivity index (χ0v) is 12.2. The number of amides is 1. The van der Waals surface area contributed by atoms with Crippen LogP contribution in [0.4, 0.5) is 5.69 Å². The van der Waals surface area contributed by atoms with E-state index in [-0.39, 0.29) is 5.91 Å². The van der Waals surface area contributed by atoms with Crippen LogP contribution in [0.25, 0.3) is 5.95 Å². The molecule has 0 saturated heterocycles. The molecule has 3 aromatic rings. The highest BCUT2D eigenvalue weighted by Gasteiger charge is 2.08. The van der Waals surface area contributed by atoms with Gasteiger partial charge in [-0.1, -0.05) is 0 Å². The Kier molecular flexibility index (Phi) is 3.61. The molecule has 0 unspecified atom stereocenters. The van der Waals surface area contributed by atoms with Gasteiger partial charge < -0.3 is 5.32 Å². The van der Waals surface area contributed by atoms with Gasteiger partial charge in [-0.25, -0.2) is 14.6 Å². The van der Waals surface area contributed by atoms with Gasteiger partial charge in [0.25, 0.3) is 11.9 Å². The molecule has 0 radical (unpaired) electrons. The maximum atomic E-state index is 12.0. The molecule has 0 saturated carbocycles. The van der Waals surface area contributed by atoms with Crippen molar-refractivity contribution in [1.29, 1.82) is 0 Å². The summed E-state index contributed by atoms with van der Waals surface area (Å²) < 4.78 is 1.61. The topological polar surface area (TPSA) is 85.6 Å². The van der Waals surface area contributed by atoms with Crippen LogP contribution in [0.15, 0.2) is 43.1 Å². The zero-order chi connectivity index (χ0) is 15.5. The molecular weight excluding hydrogens is 280 g/mol. The summed E-state index contributed by atoms with van der Waals surface area (Å²) in [5.74, 6) is 0.200. The average molecular weight is 294 g/mol. The summed E-state index contributed by atoms with van der Waals surface area (Å²) in [6.45, 7) is 3.90. The van der Waals surface area contributed by atoms with Crippen molar-refractivity contribution >= 4 is 11.6 Å². The first-order valence-corrected chi connectivity index (χ1v) is 6.70. The van der Waals surface area contributed by atoms with Crippen molar-refractivity contribution in [2.45, 2.75) is 13.8 Å². The van der Waals surface area contributed by atoms with Crippen LogP contribution in [-0.2, 0) is 0 Å². The van der Waals surface area contributed by atoms with Crippen molar-refractivity contribution in [3.8, 4) is 5.95 Å². The molecule has 0 atom stereocenters. The molecule has 0 spiro atoms. The quantitative estimate of drug-likeness (QED) is 0.797. The Morgan fingerprint density at radius 1 is 1.18 bits per heavy atom. The second kappa shape index (κ2) is 5.72. The zero-order valence-electron chi connectivity index (χ0n) is 12.2. The van der Waals surface area contributed by atoms with Crippen molar-refractivity contribution in [2.75, 3.05) is 5.32 Å². The van der Waals surface area contributed by atoms with Crippen LogP contribution in [0.1, 0.15) is 21.6 Å². The van der Waals surface area contributed by atoms with Crippen LogP contribution in [0, 0.1) is 13.8 Å². The fourth-order valence-electron chi connectivity index (χ4n) is 1.85. The van der Waals surface area contributed by atoms with Gasteiger partial charge in [-0.3, -0.25) is 9.78 Å². The second-order valence-corrected chi connectivity index (χ2v) is 4.81. The number of nitrogens with one attached hydrogen (secondary N) is 1. The SMILES string of the molecule is Cc1cn(-c2ncc(NC(=O)c3cccnc3)cn2)nc1C. The number of rotatable bonds is 3. The Labute approximate surface area is 127 Å². The second-order valence-electron chi connectivity index (χ2n) is 4.81. The number of nitrogens with zero attached hydrogens (tertiary/aromatic N) is 5. The van der Waals surface area contributed by atoms with Gasteiger partial charge in [0.2, 0.25) is 0 Å². The van der Waals surface area contributed by atoms with E-state index in [1.165, 1.54) is 6.20 Å². The highest BCUT2D eigenvalue weighted by molar-refractivity contribution is 6.03. The van der Waals surface area contributed by atoms with Crippen molar-refractivity contribution in [3.63, 3.8) is 0 Å². The third-order valence-corrected chi connectivity index (χ3v) is 3.17. The number of anilines is 1. The molecule has 3 heterocycles. The van der Waals surface area contributed by atoms with Crippen LogP contribution in [0.3, 0.4) is 0 Å². The Morgan fingerprint density at radius 3 is 2.55 bits per heavy atom. The highest BCUT2D eigenvalue weighted by atomic mass is 16.1. The van der Waals surface area contributed by atoms with E-state index < -0.39 is 0 Å². The molecule has 1 N–H and O–H groups in total. The molecule has 110 valence electrons. The van der Waals surface area contributed by atoms with E-state index in [0.717, 1.165) is 11.3 Å². The molecular formula is C15H14N6O. The van der Waals surface area contributed by atoms with Crippen molar-refractivity contribution in [2.24, 2.45) is 0 Å².